The standard InChI is InChI=1S/C14H17N7O/c1-15-14(22)11-4-5-13(19-17-11)21-9-7-20(8-10-21)12-3-2-6-16-18-12/h2-6H,7-10H2,1H3,(H,15,22). The minimum atomic E-state index is -0.230. The molecule has 1 N–H and O–H groups in total. The number of carbonyl (C=O) groups is 1. The number of anilines is 2. The van der Waals surface area contributed by atoms with Crippen molar-refractivity contribution >= 4 is 17.5 Å². The van der Waals surface area contributed by atoms with Gasteiger partial charge in [0.15, 0.2) is 17.3 Å². The van der Waals surface area contributed by atoms with E-state index in [0.717, 1.165) is 37.8 Å². The Morgan fingerprint density at radius 1 is 1.00 bits per heavy atom. The van der Waals surface area contributed by atoms with E-state index in [2.05, 4.69) is 35.5 Å². The molecule has 1 fully saturated rings. The fraction of sp³-hybridized carbons (Fsp3) is 0.357. The van der Waals surface area contributed by atoms with Gasteiger partial charge in [-0.3, -0.25) is 4.79 Å². The van der Waals surface area contributed by atoms with Gasteiger partial charge in [0.25, 0.3) is 5.91 Å². The molecule has 0 aliphatic carbocycles. The maximum Gasteiger partial charge on any atom is 0.271 e. The van der Waals surface area contributed by atoms with Gasteiger partial charge in [0.1, 0.15) is 0 Å². The lowest BCUT2D eigenvalue weighted by atomic mass is 10.3. The molecule has 3 rings (SSSR count). The number of nitrogens with zero attached hydrogens (tertiary/aromatic N) is 6. The van der Waals surface area contributed by atoms with Crippen LogP contribution < -0.4 is 15.1 Å². The SMILES string of the molecule is CNC(=O)c1ccc(N2CCN(c3cccnn3)CC2)nn1. The Kier molecular flexibility index (Phi) is 4.08. The van der Waals surface area contributed by atoms with E-state index in [1.165, 1.54) is 0 Å². The molecule has 0 saturated carbocycles. The number of amides is 1. The fourth-order valence-electron chi connectivity index (χ4n) is 2.37. The summed E-state index contributed by atoms with van der Waals surface area (Å²) in [6.45, 7) is 3.34. The van der Waals surface area contributed by atoms with Gasteiger partial charge in [-0.2, -0.15) is 5.10 Å². The van der Waals surface area contributed by atoms with Gasteiger partial charge in [0, 0.05) is 39.4 Å². The molecule has 1 aliphatic heterocycles. The highest BCUT2D eigenvalue weighted by Gasteiger charge is 2.19. The first-order valence-electron chi connectivity index (χ1n) is 7.11. The summed E-state index contributed by atoms with van der Waals surface area (Å²) < 4.78 is 0. The fourth-order valence-corrected chi connectivity index (χ4v) is 2.37. The highest BCUT2D eigenvalue weighted by molar-refractivity contribution is 5.91. The van der Waals surface area contributed by atoms with Gasteiger partial charge in [-0.25, -0.2) is 0 Å². The predicted molar refractivity (Wildman–Crippen MR) is 81.9 cm³/mol. The Hall–Kier alpha value is -2.77. The second-order valence-electron chi connectivity index (χ2n) is 4.91. The Balaban J connectivity index is 1.63. The maximum absolute atomic E-state index is 11.5. The first kappa shape index (κ1) is 14.2. The average Bonchev–Trinajstić information content (AvgIpc) is 2.62. The number of hydrogen-bond donors (Lipinski definition) is 1. The van der Waals surface area contributed by atoms with E-state index in [1.807, 2.05) is 18.2 Å². The summed E-state index contributed by atoms with van der Waals surface area (Å²) in [5.74, 6) is 1.45. The van der Waals surface area contributed by atoms with Gasteiger partial charge in [-0.15, -0.1) is 15.3 Å². The largest absolute Gasteiger partial charge is 0.354 e. The monoisotopic (exact) mass is 299 g/mol. The number of nitrogens with one attached hydrogen (secondary N) is 1. The van der Waals surface area contributed by atoms with E-state index in [0.29, 0.717) is 5.69 Å². The minimum absolute atomic E-state index is 0.230. The van der Waals surface area contributed by atoms with E-state index < -0.39 is 0 Å². The quantitative estimate of drug-likeness (QED) is 0.850. The molecule has 22 heavy (non-hydrogen) atoms. The third-order valence-electron chi connectivity index (χ3n) is 3.60. The number of rotatable bonds is 3. The molecule has 1 aliphatic rings. The summed E-state index contributed by atoms with van der Waals surface area (Å²) in [7, 11) is 1.57. The molecule has 0 atom stereocenters. The van der Waals surface area contributed by atoms with Crippen LogP contribution in [-0.4, -0.2) is 59.5 Å². The predicted octanol–water partition coefficient (Wildman–Crippen LogP) is -0.0472. The van der Waals surface area contributed by atoms with Gasteiger partial charge < -0.3 is 15.1 Å². The molecular weight excluding hydrogens is 282 g/mol. The van der Waals surface area contributed by atoms with Crippen molar-refractivity contribution in [3.8, 4) is 0 Å². The van der Waals surface area contributed by atoms with Gasteiger partial charge in [-0.05, 0) is 24.3 Å². The Morgan fingerprint density at radius 2 is 1.68 bits per heavy atom. The zero-order valence-corrected chi connectivity index (χ0v) is 12.3. The average molecular weight is 299 g/mol. The first-order valence-corrected chi connectivity index (χ1v) is 7.11. The van der Waals surface area contributed by atoms with Crippen molar-refractivity contribution < 1.29 is 4.79 Å². The third kappa shape index (κ3) is 2.95. The molecule has 0 spiro atoms. The highest BCUT2D eigenvalue weighted by Crippen LogP contribution is 2.16. The van der Waals surface area contributed by atoms with Gasteiger partial charge in [0.05, 0.1) is 0 Å². The van der Waals surface area contributed by atoms with Gasteiger partial charge in [-0.1, -0.05) is 0 Å². The molecule has 1 saturated heterocycles. The molecule has 0 aromatic carbocycles. The molecule has 8 nitrogen and oxygen atoms in total. The van der Waals surface area contributed by atoms with Crippen molar-refractivity contribution in [3.63, 3.8) is 0 Å². The molecule has 0 bridgehead atoms. The van der Waals surface area contributed by atoms with E-state index >= 15 is 0 Å². The topological polar surface area (TPSA) is 87.1 Å². The molecular formula is C14H17N7O. The second kappa shape index (κ2) is 6.33. The summed E-state index contributed by atoms with van der Waals surface area (Å²) in [5.41, 5.74) is 0.324. The van der Waals surface area contributed by atoms with E-state index in [4.69, 9.17) is 0 Å². The van der Waals surface area contributed by atoms with E-state index in [1.54, 1.807) is 19.3 Å². The van der Waals surface area contributed by atoms with Crippen LogP contribution >= 0.6 is 0 Å². The molecule has 2 aromatic rings. The number of piperazine rings is 1. The zero-order valence-electron chi connectivity index (χ0n) is 12.3. The maximum atomic E-state index is 11.5. The lowest BCUT2D eigenvalue weighted by molar-refractivity contribution is 0.0957. The smallest absolute Gasteiger partial charge is 0.271 e. The molecule has 114 valence electrons. The zero-order chi connectivity index (χ0) is 15.4. The van der Waals surface area contributed by atoms with Crippen molar-refractivity contribution in [3.05, 3.63) is 36.2 Å². The summed E-state index contributed by atoms with van der Waals surface area (Å²) in [6.07, 6.45) is 1.67. The van der Waals surface area contributed by atoms with Crippen LogP contribution in [0, 0.1) is 0 Å². The van der Waals surface area contributed by atoms with Crippen LogP contribution in [0.1, 0.15) is 10.5 Å². The van der Waals surface area contributed by atoms with Crippen molar-refractivity contribution in [2.45, 2.75) is 0 Å². The molecule has 0 radical (unpaired) electrons. The van der Waals surface area contributed by atoms with Crippen LogP contribution in [-0.2, 0) is 0 Å². The summed E-state index contributed by atoms with van der Waals surface area (Å²) in [5, 5.41) is 18.7. The van der Waals surface area contributed by atoms with Crippen LogP contribution in [0.25, 0.3) is 0 Å². The van der Waals surface area contributed by atoms with Crippen LogP contribution in [0.4, 0.5) is 11.6 Å². The Bertz CT molecular complexity index is 623. The lowest BCUT2D eigenvalue weighted by Gasteiger charge is -2.35. The number of aromatic nitrogens is 4. The van der Waals surface area contributed by atoms with Crippen molar-refractivity contribution in [1.29, 1.82) is 0 Å². The van der Waals surface area contributed by atoms with Crippen LogP contribution in [0.15, 0.2) is 30.5 Å². The number of hydrogen-bond acceptors (Lipinski definition) is 7. The van der Waals surface area contributed by atoms with Crippen LogP contribution in [0.2, 0.25) is 0 Å². The van der Waals surface area contributed by atoms with E-state index in [-0.39, 0.29) is 5.91 Å². The Morgan fingerprint density at radius 3 is 2.18 bits per heavy atom. The van der Waals surface area contributed by atoms with Crippen LogP contribution in [0.5, 0.6) is 0 Å². The van der Waals surface area contributed by atoms with Crippen molar-refractivity contribution in [2.24, 2.45) is 0 Å². The second-order valence-corrected chi connectivity index (χ2v) is 4.91. The first-order chi connectivity index (χ1) is 10.8. The minimum Gasteiger partial charge on any atom is -0.354 e. The summed E-state index contributed by atoms with van der Waals surface area (Å²) in [6, 6.07) is 7.37. The lowest BCUT2D eigenvalue weighted by Crippen LogP contribution is -2.47. The molecule has 0 unspecified atom stereocenters. The Labute approximate surface area is 128 Å². The molecule has 1 amide bonds. The number of carbonyl (C=O) groups excluding carboxylic acids is 1. The van der Waals surface area contributed by atoms with Gasteiger partial charge >= 0.3 is 0 Å². The normalized spacial score (nSPS) is 14.8. The van der Waals surface area contributed by atoms with Gasteiger partial charge in [0.2, 0.25) is 0 Å². The highest BCUT2D eigenvalue weighted by atomic mass is 16.1. The third-order valence-corrected chi connectivity index (χ3v) is 3.60. The summed E-state index contributed by atoms with van der Waals surface area (Å²) >= 11 is 0. The summed E-state index contributed by atoms with van der Waals surface area (Å²) in [4.78, 5) is 15.8. The molecule has 3 heterocycles. The molecule has 2 aromatic heterocycles. The van der Waals surface area contributed by atoms with E-state index in [9.17, 15) is 4.79 Å². The molecule has 8 heteroatoms. The van der Waals surface area contributed by atoms with Crippen molar-refractivity contribution in [2.75, 3.05) is 43.0 Å². The van der Waals surface area contributed by atoms with Crippen molar-refractivity contribution in [1.82, 2.24) is 25.7 Å². The van der Waals surface area contributed by atoms with Crippen LogP contribution in [0.3, 0.4) is 0 Å².